The molecule has 82 valence electrons. The Balaban J connectivity index is 2.53. The lowest BCUT2D eigenvalue weighted by Gasteiger charge is -2.34. The van der Waals surface area contributed by atoms with Crippen molar-refractivity contribution in [1.29, 1.82) is 0 Å². The first-order valence-electron chi connectivity index (χ1n) is 5.29. The summed E-state index contributed by atoms with van der Waals surface area (Å²) in [4.78, 5) is 11.8. The van der Waals surface area contributed by atoms with Gasteiger partial charge in [-0.25, -0.2) is 0 Å². The zero-order valence-electron chi connectivity index (χ0n) is 9.06. The van der Waals surface area contributed by atoms with E-state index in [0.717, 1.165) is 38.9 Å². The summed E-state index contributed by atoms with van der Waals surface area (Å²) in [5, 5.41) is 6.13. The monoisotopic (exact) mass is 200 g/mol. The minimum atomic E-state index is -0.583. The maximum Gasteiger partial charge on any atom is 0.252 e. The van der Waals surface area contributed by atoms with Crippen molar-refractivity contribution in [2.75, 3.05) is 26.7 Å². The zero-order valence-corrected chi connectivity index (χ0v) is 9.06. The van der Waals surface area contributed by atoms with Crippen molar-refractivity contribution in [2.45, 2.75) is 31.8 Å². The highest BCUT2D eigenvalue weighted by Gasteiger charge is 2.39. The number of rotatable bonds is 4. The molecule has 4 heteroatoms. The molecule has 14 heavy (non-hydrogen) atoms. The van der Waals surface area contributed by atoms with Crippen LogP contribution in [0, 0.1) is 0 Å². The third-order valence-electron chi connectivity index (χ3n) is 2.75. The summed E-state index contributed by atoms with van der Waals surface area (Å²) < 4.78 is 5.39. The predicted octanol–water partition coefficient (Wildman–Crippen LogP) is 0.281. The fourth-order valence-electron chi connectivity index (χ4n) is 1.75. The van der Waals surface area contributed by atoms with Gasteiger partial charge in [0.25, 0.3) is 5.91 Å². The number of ether oxygens (including phenoxy) is 1. The largest absolute Gasteiger partial charge is 0.368 e. The molecule has 0 spiro atoms. The lowest BCUT2D eigenvalue weighted by Crippen LogP contribution is -2.54. The van der Waals surface area contributed by atoms with Crippen molar-refractivity contribution in [3.05, 3.63) is 0 Å². The maximum absolute atomic E-state index is 11.8. The van der Waals surface area contributed by atoms with Crippen molar-refractivity contribution >= 4 is 5.91 Å². The molecule has 0 aromatic heterocycles. The summed E-state index contributed by atoms with van der Waals surface area (Å²) in [6, 6.07) is 0. The molecule has 0 saturated carbocycles. The maximum atomic E-state index is 11.8. The molecule has 0 aliphatic carbocycles. The van der Waals surface area contributed by atoms with Crippen LogP contribution in [-0.2, 0) is 9.53 Å². The molecule has 1 heterocycles. The lowest BCUT2D eigenvalue weighted by atomic mass is 9.91. The summed E-state index contributed by atoms with van der Waals surface area (Å²) in [5.41, 5.74) is -0.583. The number of carbonyl (C=O) groups is 1. The SMILES string of the molecule is CCCNC(=O)C1(OC)CCNCC1. The van der Waals surface area contributed by atoms with E-state index in [2.05, 4.69) is 10.6 Å². The van der Waals surface area contributed by atoms with Gasteiger partial charge >= 0.3 is 0 Å². The Morgan fingerprint density at radius 3 is 2.64 bits per heavy atom. The van der Waals surface area contributed by atoms with Crippen LogP contribution in [0.25, 0.3) is 0 Å². The fourth-order valence-corrected chi connectivity index (χ4v) is 1.75. The second-order valence-electron chi connectivity index (χ2n) is 3.70. The molecular formula is C10H20N2O2. The van der Waals surface area contributed by atoms with Crippen molar-refractivity contribution in [3.63, 3.8) is 0 Å². The van der Waals surface area contributed by atoms with Gasteiger partial charge in [-0.15, -0.1) is 0 Å². The number of hydrogen-bond acceptors (Lipinski definition) is 3. The molecule has 1 saturated heterocycles. The third-order valence-corrected chi connectivity index (χ3v) is 2.75. The van der Waals surface area contributed by atoms with Gasteiger partial charge < -0.3 is 15.4 Å². The molecule has 1 amide bonds. The van der Waals surface area contributed by atoms with Crippen LogP contribution in [-0.4, -0.2) is 38.3 Å². The number of piperidine rings is 1. The third kappa shape index (κ3) is 2.45. The number of amides is 1. The Labute approximate surface area is 85.4 Å². The molecule has 0 aromatic rings. The van der Waals surface area contributed by atoms with Crippen LogP contribution in [0.5, 0.6) is 0 Å². The van der Waals surface area contributed by atoms with Crippen molar-refractivity contribution < 1.29 is 9.53 Å². The van der Waals surface area contributed by atoms with E-state index < -0.39 is 5.60 Å². The molecule has 1 rings (SSSR count). The topological polar surface area (TPSA) is 50.4 Å². The van der Waals surface area contributed by atoms with Crippen LogP contribution in [0.15, 0.2) is 0 Å². The van der Waals surface area contributed by atoms with Crippen LogP contribution in [0.4, 0.5) is 0 Å². The van der Waals surface area contributed by atoms with Crippen LogP contribution in [0.1, 0.15) is 26.2 Å². The van der Waals surface area contributed by atoms with Crippen molar-refractivity contribution in [2.24, 2.45) is 0 Å². The van der Waals surface area contributed by atoms with Gasteiger partial charge in [0.15, 0.2) is 0 Å². The van der Waals surface area contributed by atoms with E-state index >= 15 is 0 Å². The molecule has 0 unspecified atom stereocenters. The minimum Gasteiger partial charge on any atom is -0.368 e. The lowest BCUT2D eigenvalue weighted by molar-refractivity contribution is -0.146. The summed E-state index contributed by atoms with van der Waals surface area (Å²) >= 11 is 0. The summed E-state index contributed by atoms with van der Waals surface area (Å²) in [7, 11) is 1.62. The highest BCUT2D eigenvalue weighted by atomic mass is 16.5. The van der Waals surface area contributed by atoms with E-state index in [-0.39, 0.29) is 5.91 Å². The highest BCUT2D eigenvalue weighted by Crippen LogP contribution is 2.22. The van der Waals surface area contributed by atoms with Crippen LogP contribution in [0.3, 0.4) is 0 Å². The first kappa shape index (κ1) is 11.5. The number of nitrogens with one attached hydrogen (secondary N) is 2. The van der Waals surface area contributed by atoms with Crippen molar-refractivity contribution in [3.8, 4) is 0 Å². The van der Waals surface area contributed by atoms with E-state index in [1.54, 1.807) is 7.11 Å². The van der Waals surface area contributed by atoms with Gasteiger partial charge in [0.2, 0.25) is 0 Å². The Bertz CT molecular complexity index is 189. The Morgan fingerprint density at radius 2 is 2.14 bits per heavy atom. The molecule has 0 aromatic carbocycles. The van der Waals surface area contributed by atoms with Gasteiger partial charge in [-0.1, -0.05) is 6.92 Å². The summed E-state index contributed by atoms with van der Waals surface area (Å²) in [5.74, 6) is 0.0448. The number of carbonyl (C=O) groups excluding carboxylic acids is 1. The highest BCUT2D eigenvalue weighted by molar-refractivity contribution is 5.85. The first-order chi connectivity index (χ1) is 6.75. The summed E-state index contributed by atoms with van der Waals surface area (Å²) in [6.45, 7) is 4.49. The molecule has 1 fully saturated rings. The average molecular weight is 200 g/mol. The quantitative estimate of drug-likeness (QED) is 0.685. The number of hydrogen-bond donors (Lipinski definition) is 2. The van der Waals surface area contributed by atoms with Gasteiger partial charge in [-0.05, 0) is 32.4 Å². The molecule has 4 nitrogen and oxygen atoms in total. The van der Waals surface area contributed by atoms with E-state index in [9.17, 15) is 4.79 Å². The minimum absolute atomic E-state index is 0.0448. The van der Waals surface area contributed by atoms with Gasteiger partial charge in [-0.2, -0.15) is 0 Å². The molecule has 0 bridgehead atoms. The molecule has 1 aliphatic heterocycles. The second kappa shape index (κ2) is 5.32. The molecule has 0 atom stereocenters. The second-order valence-corrected chi connectivity index (χ2v) is 3.70. The van der Waals surface area contributed by atoms with E-state index in [1.165, 1.54) is 0 Å². The Kier molecular flexibility index (Phi) is 4.35. The Morgan fingerprint density at radius 1 is 1.50 bits per heavy atom. The normalized spacial score (nSPS) is 20.4. The van der Waals surface area contributed by atoms with Gasteiger partial charge in [0.1, 0.15) is 5.60 Å². The van der Waals surface area contributed by atoms with E-state index in [0.29, 0.717) is 0 Å². The molecule has 2 N–H and O–H groups in total. The predicted molar refractivity (Wildman–Crippen MR) is 55.1 cm³/mol. The van der Waals surface area contributed by atoms with E-state index in [4.69, 9.17) is 4.74 Å². The average Bonchev–Trinajstić information content (AvgIpc) is 2.26. The Hall–Kier alpha value is -0.610. The summed E-state index contributed by atoms with van der Waals surface area (Å²) in [6.07, 6.45) is 2.49. The smallest absolute Gasteiger partial charge is 0.252 e. The molecule has 0 radical (unpaired) electrons. The van der Waals surface area contributed by atoms with E-state index in [1.807, 2.05) is 6.92 Å². The molecule has 1 aliphatic rings. The zero-order chi connectivity index (χ0) is 10.4. The van der Waals surface area contributed by atoms with Crippen LogP contribution >= 0.6 is 0 Å². The molecular weight excluding hydrogens is 180 g/mol. The van der Waals surface area contributed by atoms with Crippen LogP contribution in [0.2, 0.25) is 0 Å². The van der Waals surface area contributed by atoms with Gasteiger partial charge in [0.05, 0.1) is 0 Å². The van der Waals surface area contributed by atoms with Crippen LogP contribution < -0.4 is 10.6 Å². The number of methoxy groups -OCH3 is 1. The van der Waals surface area contributed by atoms with Crippen molar-refractivity contribution in [1.82, 2.24) is 10.6 Å². The first-order valence-corrected chi connectivity index (χ1v) is 5.29. The fraction of sp³-hybridized carbons (Fsp3) is 0.900. The standard InChI is InChI=1S/C10H20N2O2/c1-3-6-12-9(13)10(14-2)4-7-11-8-5-10/h11H,3-8H2,1-2H3,(H,12,13). The van der Waals surface area contributed by atoms with Gasteiger partial charge in [0, 0.05) is 13.7 Å². The van der Waals surface area contributed by atoms with Gasteiger partial charge in [-0.3, -0.25) is 4.79 Å².